The molecule has 0 aliphatic rings. The summed E-state index contributed by atoms with van der Waals surface area (Å²) >= 11 is 0. The van der Waals surface area contributed by atoms with Crippen LogP contribution in [0.3, 0.4) is 0 Å². The first kappa shape index (κ1) is 19.9. The van der Waals surface area contributed by atoms with E-state index in [1.54, 1.807) is 23.2 Å². The molecule has 30 heavy (non-hydrogen) atoms. The first-order chi connectivity index (χ1) is 14.4. The number of hydrogen-bond donors (Lipinski definition) is 0. The second kappa shape index (κ2) is 8.93. The number of anilines is 3. The molecule has 0 aliphatic carbocycles. The van der Waals surface area contributed by atoms with Crippen LogP contribution in [0.2, 0.25) is 0 Å². The SMILES string of the molecule is [Pt+2].[c-]1c(-c2[c-]cco2)cccc1N(c1ccccc1)c1cccc(-n2cccn2)n1. The van der Waals surface area contributed by atoms with Crippen LogP contribution in [0.1, 0.15) is 0 Å². The summed E-state index contributed by atoms with van der Waals surface area (Å²) < 4.78 is 7.24. The van der Waals surface area contributed by atoms with E-state index < -0.39 is 0 Å². The molecule has 0 saturated heterocycles. The van der Waals surface area contributed by atoms with E-state index >= 15 is 0 Å². The standard InChI is InChI=1S/C24H16N4O.Pt/c1-2-9-20(10-3-1)28(21-11-4-8-19(18-21)22-12-6-17-29-22)24-14-5-13-23(26-24)27-16-7-15-25-27;/h1-11,13-17H;/q-2;+2. The molecule has 0 spiro atoms. The van der Waals surface area contributed by atoms with Gasteiger partial charge in [0.15, 0.2) is 5.82 Å². The van der Waals surface area contributed by atoms with E-state index in [1.165, 1.54) is 0 Å². The fourth-order valence-electron chi connectivity index (χ4n) is 3.15. The summed E-state index contributed by atoms with van der Waals surface area (Å²) in [6.45, 7) is 0. The minimum absolute atomic E-state index is 0. The maximum atomic E-state index is 5.50. The van der Waals surface area contributed by atoms with Crippen LogP contribution in [0.5, 0.6) is 0 Å². The Morgan fingerprint density at radius 2 is 1.77 bits per heavy atom. The van der Waals surface area contributed by atoms with E-state index in [2.05, 4.69) is 22.1 Å². The number of benzene rings is 2. The molecule has 2 aromatic carbocycles. The number of pyridine rings is 1. The zero-order chi connectivity index (χ0) is 19.5. The van der Waals surface area contributed by atoms with Gasteiger partial charge in [-0.15, -0.1) is 12.1 Å². The Morgan fingerprint density at radius 1 is 0.900 bits per heavy atom. The van der Waals surface area contributed by atoms with E-state index in [-0.39, 0.29) is 21.1 Å². The minimum Gasteiger partial charge on any atom is -0.590 e. The van der Waals surface area contributed by atoms with Crippen molar-refractivity contribution < 1.29 is 25.5 Å². The Hall–Kier alpha value is -3.43. The molecular formula is C24H16N4OPt. The van der Waals surface area contributed by atoms with Crippen LogP contribution in [-0.2, 0) is 21.1 Å². The van der Waals surface area contributed by atoms with Crippen LogP contribution in [0, 0.1) is 12.1 Å². The van der Waals surface area contributed by atoms with Gasteiger partial charge in [-0.1, -0.05) is 30.0 Å². The fraction of sp³-hybridized carbons (Fsp3) is 0. The number of para-hydroxylation sites is 1. The molecular weight excluding hydrogens is 555 g/mol. The Bertz CT molecular complexity index is 1130. The predicted molar refractivity (Wildman–Crippen MR) is 111 cm³/mol. The number of hydrogen-bond acceptors (Lipinski definition) is 4. The molecule has 0 N–H and O–H groups in total. The van der Waals surface area contributed by atoms with Gasteiger partial charge in [0.05, 0.1) is 0 Å². The Labute approximate surface area is 188 Å². The van der Waals surface area contributed by atoms with E-state index in [1.807, 2.05) is 79.0 Å². The first-order valence-electron chi connectivity index (χ1n) is 9.19. The zero-order valence-electron chi connectivity index (χ0n) is 15.8. The van der Waals surface area contributed by atoms with Crippen molar-refractivity contribution in [2.75, 3.05) is 4.90 Å². The summed E-state index contributed by atoms with van der Waals surface area (Å²) in [5, 5.41) is 4.29. The third-order valence-corrected chi connectivity index (χ3v) is 4.44. The predicted octanol–water partition coefficient (Wildman–Crippen LogP) is 5.59. The molecule has 0 radical (unpaired) electrons. The second-order valence-corrected chi connectivity index (χ2v) is 6.32. The summed E-state index contributed by atoms with van der Waals surface area (Å²) in [6.07, 6.45) is 5.22. The second-order valence-electron chi connectivity index (χ2n) is 6.32. The van der Waals surface area contributed by atoms with Crippen molar-refractivity contribution in [3.8, 4) is 17.1 Å². The molecule has 148 valence electrons. The van der Waals surface area contributed by atoms with Gasteiger partial charge in [0, 0.05) is 18.1 Å². The van der Waals surface area contributed by atoms with Gasteiger partial charge < -0.3 is 9.32 Å². The molecule has 0 amide bonds. The van der Waals surface area contributed by atoms with Gasteiger partial charge in [-0.2, -0.15) is 29.4 Å². The van der Waals surface area contributed by atoms with Crippen LogP contribution >= 0.6 is 0 Å². The molecule has 0 bridgehead atoms. The molecule has 5 aromatic rings. The maximum Gasteiger partial charge on any atom is 2.00 e. The molecule has 6 heteroatoms. The summed E-state index contributed by atoms with van der Waals surface area (Å²) in [6, 6.07) is 32.0. The van der Waals surface area contributed by atoms with Crippen molar-refractivity contribution in [2.45, 2.75) is 0 Å². The molecule has 0 saturated carbocycles. The normalized spacial score (nSPS) is 10.4. The Balaban J connectivity index is 0.00000218. The zero-order valence-corrected chi connectivity index (χ0v) is 18.0. The number of rotatable bonds is 5. The van der Waals surface area contributed by atoms with Crippen LogP contribution in [0.4, 0.5) is 17.2 Å². The van der Waals surface area contributed by atoms with E-state index in [0.717, 1.165) is 28.6 Å². The fourth-order valence-corrected chi connectivity index (χ4v) is 3.15. The number of furan rings is 1. The third kappa shape index (κ3) is 3.98. The van der Waals surface area contributed by atoms with Gasteiger partial charge in [-0.05, 0) is 42.3 Å². The Morgan fingerprint density at radius 3 is 2.53 bits per heavy atom. The Kier molecular flexibility index (Phi) is 5.91. The third-order valence-electron chi connectivity index (χ3n) is 4.44. The average molecular weight is 571 g/mol. The van der Waals surface area contributed by atoms with Crippen molar-refractivity contribution in [1.82, 2.24) is 14.8 Å². The quantitative estimate of drug-likeness (QED) is 0.258. The number of nitrogens with zero attached hydrogens (tertiary/aromatic N) is 4. The van der Waals surface area contributed by atoms with Crippen LogP contribution in [0.15, 0.2) is 102 Å². The van der Waals surface area contributed by atoms with E-state index in [4.69, 9.17) is 9.40 Å². The average Bonchev–Trinajstić information content (AvgIpc) is 3.50. The molecule has 0 unspecified atom stereocenters. The molecule has 0 atom stereocenters. The summed E-state index contributed by atoms with van der Waals surface area (Å²) in [5.74, 6) is 2.16. The van der Waals surface area contributed by atoms with Gasteiger partial charge >= 0.3 is 21.1 Å². The molecule has 3 heterocycles. The first-order valence-corrected chi connectivity index (χ1v) is 9.19. The van der Waals surface area contributed by atoms with Crippen molar-refractivity contribution >= 4 is 17.2 Å². The maximum absolute atomic E-state index is 5.50. The van der Waals surface area contributed by atoms with Gasteiger partial charge in [0.1, 0.15) is 5.82 Å². The van der Waals surface area contributed by atoms with Gasteiger partial charge in [0.25, 0.3) is 0 Å². The van der Waals surface area contributed by atoms with Crippen molar-refractivity contribution in [2.24, 2.45) is 0 Å². The molecule has 0 aliphatic heterocycles. The monoisotopic (exact) mass is 571 g/mol. The summed E-state index contributed by atoms with van der Waals surface area (Å²) in [7, 11) is 0. The number of aromatic nitrogens is 3. The molecule has 5 nitrogen and oxygen atoms in total. The van der Waals surface area contributed by atoms with Gasteiger partial charge in [-0.3, -0.25) is 0 Å². The molecule has 5 rings (SSSR count). The largest absolute Gasteiger partial charge is 2.00 e. The van der Waals surface area contributed by atoms with Crippen molar-refractivity contribution in [1.29, 1.82) is 0 Å². The van der Waals surface area contributed by atoms with Crippen molar-refractivity contribution in [3.05, 3.63) is 110 Å². The summed E-state index contributed by atoms with van der Waals surface area (Å²) in [4.78, 5) is 6.89. The van der Waals surface area contributed by atoms with E-state index in [0.29, 0.717) is 5.76 Å². The minimum atomic E-state index is 0. The van der Waals surface area contributed by atoms with Crippen LogP contribution < -0.4 is 4.90 Å². The topological polar surface area (TPSA) is 47.1 Å². The van der Waals surface area contributed by atoms with Crippen molar-refractivity contribution in [3.63, 3.8) is 0 Å². The smallest absolute Gasteiger partial charge is 0.590 e. The van der Waals surface area contributed by atoms with Crippen LogP contribution in [0.25, 0.3) is 17.1 Å². The van der Waals surface area contributed by atoms with Gasteiger partial charge in [0.2, 0.25) is 0 Å². The molecule has 3 aromatic heterocycles. The van der Waals surface area contributed by atoms with Crippen LogP contribution in [-0.4, -0.2) is 14.8 Å². The van der Waals surface area contributed by atoms with E-state index in [9.17, 15) is 0 Å². The molecule has 0 fully saturated rings. The summed E-state index contributed by atoms with van der Waals surface area (Å²) in [5.41, 5.74) is 2.66. The van der Waals surface area contributed by atoms with Gasteiger partial charge in [-0.25, -0.2) is 15.2 Å².